The summed E-state index contributed by atoms with van der Waals surface area (Å²) >= 11 is 0. The molecule has 1 amide bonds. The number of rotatable bonds is 4. The summed E-state index contributed by atoms with van der Waals surface area (Å²) in [4.78, 5) is 14.8. The summed E-state index contributed by atoms with van der Waals surface area (Å²) in [5.41, 5.74) is 3.33. The maximum Gasteiger partial charge on any atom is 0.223 e. The number of amides is 1. The number of hydrogen-bond donors (Lipinski definition) is 1. The molecule has 2 aliphatic rings. The van der Waals surface area contributed by atoms with Crippen LogP contribution >= 0.6 is 0 Å². The zero-order valence-electron chi connectivity index (χ0n) is 14.4. The molecule has 0 spiro atoms. The van der Waals surface area contributed by atoms with Crippen LogP contribution in [0.5, 0.6) is 5.75 Å². The number of benzene rings is 2. The van der Waals surface area contributed by atoms with Gasteiger partial charge in [-0.3, -0.25) is 4.79 Å². The van der Waals surface area contributed by atoms with Crippen molar-refractivity contribution in [3.63, 3.8) is 0 Å². The van der Waals surface area contributed by atoms with Crippen molar-refractivity contribution in [2.45, 2.75) is 31.9 Å². The molecule has 1 N–H and O–H groups in total. The van der Waals surface area contributed by atoms with Gasteiger partial charge in [-0.05, 0) is 24.5 Å². The Hall–Kier alpha value is -2.33. The van der Waals surface area contributed by atoms with E-state index in [9.17, 15) is 9.90 Å². The first-order valence-corrected chi connectivity index (χ1v) is 8.89. The van der Waals surface area contributed by atoms with Crippen molar-refractivity contribution in [3.8, 4) is 5.75 Å². The Morgan fingerprint density at radius 2 is 2.00 bits per heavy atom. The van der Waals surface area contributed by atoms with Crippen molar-refractivity contribution in [1.82, 2.24) is 4.90 Å². The summed E-state index contributed by atoms with van der Waals surface area (Å²) in [6, 6.07) is 16.1. The maximum absolute atomic E-state index is 12.9. The molecule has 2 heterocycles. The molecule has 130 valence electrons. The summed E-state index contributed by atoms with van der Waals surface area (Å²) in [6.45, 7) is 2.62. The molecule has 0 unspecified atom stereocenters. The number of carbonyl (C=O) groups excluding carboxylic acids is 1. The quantitative estimate of drug-likeness (QED) is 0.933. The van der Waals surface area contributed by atoms with Gasteiger partial charge in [-0.1, -0.05) is 48.5 Å². The number of hydrogen-bond acceptors (Lipinski definition) is 3. The molecule has 0 aliphatic carbocycles. The molecular formula is C21H23NO3. The largest absolute Gasteiger partial charge is 0.487 e. The minimum Gasteiger partial charge on any atom is -0.487 e. The van der Waals surface area contributed by atoms with Crippen LogP contribution in [-0.2, 0) is 11.2 Å². The Morgan fingerprint density at radius 3 is 2.76 bits per heavy atom. The van der Waals surface area contributed by atoms with Gasteiger partial charge in [0.2, 0.25) is 5.91 Å². The minimum atomic E-state index is -0.137. The Bertz CT molecular complexity index is 774. The number of aliphatic hydroxyl groups excluding tert-OH is 1. The Labute approximate surface area is 148 Å². The molecule has 2 aromatic rings. The van der Waals surface area contributed by atoms with Crippen molar-refractivity contribution >= 4 is 5.91 Å². The maximum atomic E-state index is 12.9. The fraction of sp³-hybridized carbons (Fsp3) is 0.381. The first-order chi connectivity index (χ1) is 12.2. The van der Waals surface area contributed by atoms with E-state index < -0.39 is 0 Å². The predicted molar refractivity (Wildman–Crippen MR) is 95.4 cm³/mol. The molecule has 3 atom stereocenters. The van der Waals surface area contributed by atoms with Gasteiger partial charge in [-0.2, -0.15) is 0 Å². The molecule has 4 heteroatoms. The van der Waals surface area contributed by atoms with Gasteiger partial charge in [0, 0.05) is 24.4 Å². The third-order valence-corrected chi connectivity index (χ3v) is 5.38. The highest BCUT2D eigenvalue weighted by Gasteiger charge is 2.50. The Balaban J connectivity index is 1.55. The van der Waals surface area contributed by atoms with E-state index in [0.717, 1.165) is 23.3 Å². The zero-order valence-corrected chi connectivity index (χ0v) is 14.4. The summed E-state index contributed by atoms with van der Waals surface area (Å²) in [7, 11) is 0. The number of likely N-dealkylation sites (tertiary alicyclic amines) is 1. The van der Waals surface area contributed by atoms with E-state index >= 15 is 0 Å². The topological polar surface area (TPSA) is 49.8 Å². The molecule has 0 bridgehead atoms. The molecule has 2 aromatic carbocycles. The van der Waals surface area contributed by atoms with Gasteiger partial charge in [0.1, 0.15) is 11.9 Å². The summed E-state index contributed by atoms with van der Waals surface area (Å²) < 4.78 is 6.15. The standard InChI is InChI=1S/C21H23NO3/c1-14-6-5-9-17-19-21(25-20(14)17)16(13-23)12-22(19)18(24)11-10-15-7-3-2-4-8-15/h2-9,16,19,21,23H,10-13H2,1H3/t16-,19-,21-/m0/s1. The third kappa shape index (κ3) is 2.81. The van der Waals surface area contributed by atoms with Crippen LogP contribution < -0.4 is 4.74 Å². The first kappa shape index (κ1) is 16.2. The van der Waals surface area contributed by atoms with E-state index in [1.54, 1.807) is 0 Å². The number of aryl methyl sites for hydroxylation is 2. The number of nitrogens with zero attached hydrogens (tertiary/aromatic N) is 1. The lowest BCUT2D eigenvalue weighted by atomic mass is 9.98. The lowest BCUT2D eigenvalue weighted by molar-refractivity contribution is -0.132. The molecule has 4 nitrogen and oxygen atoms in total. The van der Waals surface area contributed by atoms with Crippen molar-refractivity contribution in [2.24, 2.45) is 5.92 Å². The SMILES string of the molecule is Cc1cccc2c1O[C@H]1[C@H](CO)CN(C(=O)CCc3ccccc3)[C@@H]21. The van der Waals surface area contributed by atoms with Gasteiger partial charge in [0.15, 0.2) is 0 Å². The molecule has 1 saturated heterocycles. The molecule has 4 rings (SSSR count). The summed E-state index contributed by atoms with van der Waals surface area (Å²) in [5.74, 6) is 0.988. The predicted octanol–water partition coefficient (Wildman–Crippen LogP) is 2.88. The van der Waals surface area contributed by atoms with Crippen LogP contribution in [-0.4, -0.2) is 35.2 Å². The Kier molecular flexibility index (Phi) is 4.22. The number of fused-ring (bicyclic) bond motifs is 3. The number of para-hydroxylation sites is 1. The van der Waals surface area contributed by atoms with Crippen molar-refractivity contribution < 1.29 is 14.6 Å². The van der Waals surface area contributed by atoms with Crippen LogP contribution in [0.2, 0.25) is 0 Å². The number of carbonyl (C=O) groups is 1. The third-order valence-electron chi connectivity index (χ3n) is 5.38. The molecule has 25 heavy (non-hydrogen) atoms. The summed E-state index contributed by atoms with van der Waals surface area (Å²) in [6.07, 6.45) is 1.08. The van der Waals surface area contributed by atoms with Crippen molar-refractivity contribution in [1.29, 1.82) is 0 Å². The van der Waals surface area contributed by atoms with Gasteiger partial charge in [-0.25, -0.2) is 0 Å². The van der Waals surface area contributed by atoms with E-state index in [2.05, 4.69) is 0 Å². The van der Waals surface area contributed by atoms with Crippen LogP contribution in [0.4, 0.5) is 0 Å². The first-order valence-electron chi connectivity index (χ1n) is 8.89. The smallest absolute Gasteiger partial charge is 0.223 e. The number of aliphatic hydroxyl groups is 1. The minimum absolute atomic E-state index is 0.0301. The fourth-order valence-corrected chi connectivity index (χ4v) is 4.07. The van der Waals surface area contributed by atoms with E-state index in [-0.39, 0.29) is 30.6 Å². The molecule has 0 aromatic heterocycles. The van der Waals surface area contributed by atoms with E-state index in [0.29, 0.717) is 13.0 Å². The van der Waals surface area contributed by atoms with Crippen LogP contribution in [0, 0.1) is 12.8 Å². The second kappa shape index (κ2) is 6.52. The highest BCUT2D eigenvalue weighted by molar-refractivity contribution is 5.78. The monoisotopic (exact) mass is 337 g/mol. The average Bonchev–Trinajstić information content (AvgIpc) is 3.19. The number of ether oxygens (including phenoxy) is 1. The van der Waals surface area contributed by atoms with Crippen LogP contribution in [0.25, 0.3) is 0 Å². The molecule has 0 saturated carbocycles. The van der Waals surface area contributed by atoms with E-state index in [1.165, 1.54) is 5.56 Å². The normalized spacial score (nSPS) is 23.9. The second-order valence-corrected chi connectivity index (χ2v) is 6.99. The molecule has 0 radical (unpaired) electrons. The summed E-state index contributed by atoms with van der Waals surface area (Å²) in [5, 5.41) is 9.75. The Morgan fingerprint density at radius 1 is 1.20 bits per heavy atom. The van der Waals surface area contributed by atoms with Crippen LogP contribution in [0.15, 0.2) is 48.5 Å². The lowest BCUT2D eigenvalue weighted by Gasteiger charge is -2.23. The highest BCUT2D eigenvalue weighted by atomic mass is 16.5. The van der Waals surface area contributed by atoms with E-state index in [4.69, 9.17) is 4.74 Å². The fourth-order valence-electron chi connectivity index (χ4n) is 4.07. The molecule has 2 aliphatic heterocycles. The van der Waals surface area contributed by atoms with Gasteiger partial charge in [-0.15, -0.1) is 0 Å². The zero-order chi connectivity index (χ0) is 17.4. The van der Waals surface area contributed by atoms with Crippen LogP contribution in [0.1, 0.15) is 29.2 Å². The molecule has 1 fully saturated rings. The highest BCUT2D eigenvalue weighted by Crippen LogP contribution is 2.48. The second-order valence-electron chi connectivity index (χ2n) is 6.99. The lowest BCUT2D eigenvalue weighted by Crippen LogP contribution is -2.32. The average molecular weight is 337 g/mol. The van der Waals surface area contributed by atoms with Crippen molar-refractivity contribution in [2.75, 3.05) is 13.2 Å². The van der Waals surface area contributed by atoms with Crippen molar-refractivity contribution in [3.05, 3.63) is 65.2 Å². The van der Waals surface area contributed by atoms with Gasteiger partial charge >= 0.3 is 0 Å². The van der Waals surface area contributed by atoms with Gasteiger partial charge < -0.3 is 14.7 Å². The van der Waals surface area contributed by atoms with Crippen LogP contribution in [0.3, 0.4) is 0 Å². The van der Waals surface area contributed by atoms with Gasteiger partial charge in [0.05, 0.1) is 12.6 Å². The van der Waals surface area contributed by atoms with E-state index in [1.807, 2.05) is 60.4 Å². The molecular weight excluding hydrogens is 314 g/mol. The van der Waals surface area contributed by atoms with Gasteiger partial charge in [0.25, 0.3) is 0 Å².